The number of aryl methyl sites for hydroxylation is 1. The first-order valence-corrected chi connectivity index (χ1v) is 8.62. The largest absolute Gasteiger partial charge is 0.360 e. The molecule has 0 radical (unpaired) electrons. The summed E-state index contributed by atoms with van der Waals surface area (Å²) in [5.41, 5.74) is 2.83. The van der Waals surface area contributed by atoms with E-state index in [0.717, 1.165) is 11.3 Å². The summed E-state index contributed by atoms with van der Waals surface area (Å²) in [5.74, 6) is 2.17. The number of nitrogens with one attached hydrogen (secondary N) is 2. The van der Waals surface area contributed by atoms with Crippen molar-refractivity contribution in [1.82, 2.24) is 15.1 Å². The van der Waals surface area contributed by atoms with Crippen LogP contribution in [-0.4, -0.2) is 15.1 Å². The van der Waals surface area contributed by atoms with Crippen LogP contribution in [-0.2, 0) is 0 Å². The average molecular weight is 368 g/mol. The molecule has 0 atom stereocenters. The molecule has 4 rings (SSSR count). The van der Waals surface area contributed by atoms with Gasteiger partial charge < -0.3 is 15.2 Å². The smallest absolute Gasteiger partial charge is 0.229 e. The fraction of sp³-hybridized carbons (Fsp3) is 0.0476. The number of hydrogen-bond donors (Lipinski definition) is 2. The quantitative estimate of drug-likeness (QED) is 0.522. The van der Waals surface area contributed by atoms with Crippen molar-refractivity contribution in [2.45, 2.75) is 6.92 Å². The lowest BCUT2D eigenvalue weighted by Gasteiger charge is -2.11. The number of aromatic nitrogens is 3. The van der Waals surface area contributed by atoms with E-state index in [1.165, 1.54) is 0 Å². The zero-order valence-electron chi connectivity index (χ0n) is 15.0. The Hall–Kier alpha value is -4.18. The van der Waals surface area contributed by atoms with Crippen LogP contribution in [0.2, 0.25) is 0 Å². The highest BCUT2D eigenvalue weighted by Gasteiger charge is 2.10. The molecule has 0 aliphatic rings. The third-order valence-corrected chi connectivity index (χ3v) is 3.97. The second-order valence-corrected chi connectivity index (χ2v) is 6.06. The molecule has 0 spiro atoms. The Morgan fingerprint density at radius 3 is 2.43 bits per heavy atom. The van der Waals surface area contributed by atoms with E-state index in [2.05, 4.69) is 31.8 Å². The lowest BCUT2D eigenvalue weighted by Crippen LogP contribution is -2.03. The lowest BCUT2D eigenvalue weighted by atomic mass is 10.1. The van der Waals surface area contributed by atoms with Gasteiger partial charge in [0.15, 0.2) is 5.82 Å². The number of benzene rings is 2. The molecule has 4 aromatic rings. The first-order chi connectivity index (χ1) is 13.7. The van der Waals surface area contributed by atoms with Gasteiger partial charge in [-0.15, -0.1) is 0 Å². The Kier molecular flexibility index (Phi) is 4.68. The van der Waals surface area contributed by atoms with Gasteiger partial charge in [-0.05, 0) is 19.1 Å². The first-order valence-electron chi connectivity index (χ1n) is 8.62. The van der Waals surface area contributed by atoms with Crippen LogP contribution in [0.1, 0.15) is 11.3 Å². The maximum absolute atomic E-state index is 9.32. The Bertz CT molecular complexity index is 1150. The van der Waals surface area contributed by atoms with E-state index in [1.807, 2.05) is 61.5 Å². The van der Waals surface area contributed by atoms with E-state index in [-0.39, 0.29) is 0 Å². The minimum absolute atomic E-state index is 0.367. The van der Waals surface area contributed by atoms with E-state index < -0.39 is 0 Å². The highest BCUT2D eigenvalue weighted by Crippen LogP contribution is 2.25. The molecule has 7 nitrogen and oxygen atoms in total. The van der Waals surface area contributed by atoms with Crippen molar-refractivity contribution in [2.75, 3.05) is 10.6 Å². The van der Waals surface area contributed by atoms with Crippen LogP contribution < -0.4 is 10.6 Å². The summed E-state index contributed by atoms with van der Waals surface area (Å²) in [6.45, 7) is 1.82. The molecule has 7 heteroatoms. The predicted molar refractivity (Wildman–Crippen MR) is 106 cm³/mol. The molecule has 0 aliphatic carbocycles. The average Bonchev–Trinajstić information content (AvgIpc) is 3.13. The molecule has 0 amide bonds. The molecule has 136 valence electrons. The van der Waals surface area contributed by atoms with E-state index in [4.69, 9.17) is 4.52 Å². The van der Waals surface area contributed by atoms with Crippen molar-refractivity contribution in [3.05, 3.63) is 78.1 Å². The van der Waals surface area contributed by atoms with Gasteiger partial charge in [-0.25, -0.2) is 4.98 Å². The van der Waals surface area contributed by atoms with Crippen molar-refractivity contribution < 1.29 is 4.52 Å². The number of nitriles is 1. The molecule has 0 unspecified atom stereocenters. The summed E-state index contributed by atoms with van der Waals surface area (Å²) in [6.07, 6.45) is 0. The minimum atomic E-state index is 0.367. The number of anilines is 4. The normalized spacial score (nSPS) is 10.3. The fourth-order valence-electron chi connectivity index (χ4n) is 2.69. The van der Waals surface area contributed by atoms with Gasteiger partial charge in [-0.2, -0.15) is 10.2 Å². The summed E-state index contributed by atoms with van der Waals surface area (Å²) < 4.78 is 5.10. The standard InChI is InChI=1S/C21H16N6O/c1-14-11-20(27-28-14)25-19-12-18(15-7-3-2-4-8-15)24-21(26-19)23-17-10-6-5-9-16(17)13-22/h2-12H,1H3,(H2,23,24,25,26,27). The molecule has 2 heterocycles. The molecular weight excluding hydrogens is 352 g/mol. The van der Waals surface area contributed by atoms with Crippen molar-refractivity contribution in [2.24, 2.45) is 0 Å². The van der Waals surface area contributed by atoms with E-state index in [0.29, 0.717) is 34.6 Å². The topological polar surface area (TPSA) is 99.7 Å². The van der Waals surface area contributed by atoms with E-state index in [9.17, 15) is 5.26 Å². The lowest BCUT2D eigenvalue weighted by molar-refractivity contribution is 0.400. The molecule has 2 aromatic carbocycles. The van der Waals surface area contributed by atoms with Crippen molar-refractivity contribution >= 4 is 23.3 Å². The second kappa shape index (κ2) is 7.60. The molecular formula is C21H16N6O. The number of hydrogen-bond acceptors (Lipinski definition) is 7. The third kappa shape index (κ3) is 3.81. The SMILES string of the molecule is Cc1cc(Nc2cc(-c3ccccc3)nc(Nc3ccccc3C#N)n2)no1. The van der Waals surface area contributed by atoms with Crippen LogP contribution in [0.5, 0.6) is 0 Å². The van der Waals surface area contributed by atoms with Gasteiger partial charge >= 0.3 is 0 Å². The summed E-state index contributed by atoms with van der Waals surface area (Å²) in [5, 5.41) is 19.5. The summed E-state index contributed by atoms with van der Waals surface area (Å²) in [6, 6.07) is 22.8. The maximum atomic E-state index is 9.32. The van der Waals surface area contributed by atoms with Crippen LogP contribution in [0, 0.1) is 18.3 Å². The number of rotatable bonds is 5. The van der Waals surface area contributed by atoms with Gasteiger partial charge in [-0.3, -0.25) is 0 Å². The van der Waals surface area contributed by atoms with Crippen molar-refractivity contribution in [3.8, 4) is 17.3 Å². The Morgan fingerprint density at radius 2 is 1.68 bits per heavy atom. The highest BCUT2D eigenvalue weighted by molar-refractivity contribution is 5.69. The monoisotopic (exact) mass is 368 g/mol. The number of nitrogens with zero attached hydrogens (tertiary/aromatic N) is 4. The highest BCUT2D eigenvalue weighted by atomic mass is 16.5. The maximum Gasteiger partial charge on any atom is 0.229 e. The molecule has 28 heavy (non-hydrogen) atoms. The minimum Gasteiger partial charge on any atom is -0.360 e. The van der Waals surface area contributed by atoms with Gasteiger partial charge in [0.05, 0.1) is 16.9 Å². The molecule has 2 aromatic heterocycles. The Morgan fingerprint density at radius 1 is 0.893 bits per heavy atom. The molecule has 0 saturated carbocycles. The molecule has 0 fully saturated rings. The molecule has 0 aliphatic heterocycles. The molecule has 0 saturated heterocycles. The van der Waals surface area contributed by atoms with Gasteiger partial charge in [-0.1, -0.05) is 47.6 Å². The fourth-order valence-corrected chi connectivity index (χ4v) is 2.69. The Balaban J connectivity index is 1.74. The van der Waals surface area contributed by atoms with Gasteiger partial charge in [0, 0.05) is 17.7 Å². The van der Waals surface area contributed by atoms with Gasteiger partial charge in [0.25, 0.3) is 0 Å². The number of para-hydroxylation sites is 1. The molecule has 2 N–H and O–H groups in total. The summed E-state index contributed by atoms with van der Waals surface area (Å²) in [7, 11) is 0. The van der Waals surface area contributed by atoms with Crippen LogP contribution in [0.4, 0.5) is 23.3 Å². The Labute approximate surface area is 161 Å². The van der Waals surface area contributed by atoms with Crippen LogP contribution in [0.15, 0.2) is 71.3 Å². The summed E-state index contributed by atoms with van der Waals surface area (Å²) >= 11 is 0. The van der Waals surface area contributed by atoms with Gasteiger partial charge in [0.1, 0.15) is 17.6 Å². The van der Waals surface area contributed by atoms with Gasteiger partial charge in [0.2, 0.25) is 5.95 Å². The second-order valence-electron chi connectivity index (χ2n) is 6.06. The predicted octanol–water partition coefficient (Wildman–Crippen LogP) is 4.80. The van der Waals surface area contributed by atoms with Crippen LogP contribution in [0.3, 0.4) is 0 Å². The zero-order chi connectivity index (χ0) is 19.3. The zero-order valence-corrected chi connectivity index (χ0v) is 15.0. The molecule has 0 bridgehead atoms. The van der Waals surface area contributed by atoms with Crippen molar-refractivity contribution in [1.29, 1.82) is 5.26 Å². The first kappa shape index (κ1) is 17.2. The third-order valence-electron chi connectivity index (χ3n) is 3.97. The van der Waals surface area contributed by atoms with Crippen LogP contribution in [0.25, 0.3) is 11.3 Å². The van der Waals surface area contributed by atoms with E-state index >= 15 is 0 Å². The summed E-state index contributed by atoms with van der Waals surface area (Å²) in [4.78, 5) is 9.12. The van der Waals surface area contributed by atoms with Crippen molar-refractivity contribution in [3.63, 3.8) is 0 Å². The van der Waals surface area contributed by atoms with Crippen LogP contribution >= 0.6 is 0 Å². The van der Waals surface area contributed by atoms with E-state index in [1.54, 1.807) is 12.1 Å².